The van der Waals surface area contributed by atoms with Crippen molar-refractivity contribution in [3.63, 3.8) is 0 Å². The van der Waals surface area contributed by atoms with Crippen LogP contribution >= 0.6 is 27.3 Å². The van der Waals surface area contributed by atoms with Crippen LogP contribution in [0.2, 0.25) is 0 Å². The summed E-state index contributed by atoms with van der Waals surface area (Å²) in [5.41, 5.74) is 1.77. The fourth-order valence-corrected chi connectivity index (χ4v) is 5.71. The van der Waals surface area contributed by atoms with Gasteiger partial charge in [-0.3, -0.25) is 14.5 Å². The quantitative estimate of drug-likeness (QED) is 0.177. The number of rotatable bonds is 4. The Morgan fingerprint density at radius 2 is 1.86 bits per heavy atom. The number of thiazole rings is 1. The summed E-state index contributed by atoms with van der Waals surface area (Å²) >= 11 is 4.32. The van der Waals surface area contributed by atoms with Crippen molar-refractivity contribution in [2.24, 2.45) is 0 Å². The van der Waals surface area contributed by atoms with Crippen LogP contribution in [0, 0.1) is 18.6 Å². The highest BCUT2D eigenvalue weighted by Gasteiger charge is 2.48. The van der Waals surface area contributed by atoms with E-state index in [4.69, 9.17) is 4.74 Å². The van der Waals surface area contributed by atoms with Gasteiger partial charge in [-0.25, -0.2) is 13.8 Å². The van der Waals surface area contributed by atoms with Crippen LogP contribution in [0.15, 0.2) is 64.6 Å². The molecule has 1 aliphatic rings. The second-order valence-corrected chi connectivity index (χ2v) is 10.0. The zero-order valence-corrected chi connectivity index (χ0v) is 21.3. The van der Waals surface area contributed by atoms with E-state index in [1.165, 1.54) is 12.0 Å². The molecule has 6 nitrogen and oxygen atoms in total. The molecule has 0 spiro atoms. The van der Waals surface area contributed by atoms with Crippen molar-refractivity contribution in [2.75, 3.05) is 12.0 Å². The number of amides is 1. The van der Waals surface area contributed by atoms with Gasteiger partial charge in [-0.15, -0.1) is 0 Å². The van der Waals surface area contributed by atoms with E-state index < -0.39 is 29.4 Å². The Kier molecular flexibility index (Phi) is 6.09. The van der Waals surface area contributed by atoms with E-state index in [9.17, 15) is 23.5 Å². The number of fused-ring (bicyclic) bond motifs is 1. The number of ketones is 1. The van der Waals surface area contributed by atoms with E-state index in [1.54, 1.807) is 36.4 Å². The smallest absolute Gasteiger partial charge is 0.301 e. The summed E-state index contributed by atoms with van der Waals surface area (Å²) < 4.78 is 33.7. The number of carbonyl (C=O) groups is 2. The maximum absolute atomic E-state index is 13.8. The first-order chi connectivity index (χ1) is 17.2. The van der Waals surface area contributed by atoms with Crippen LogP contribution in [-0.2, 0) is 9.59 Å². The fraction of sp³-hybridized carbons (Fsp3) is 0.115. The van der Waals surface area contributed by atoms with Gasteiger partial charge >= 0.3 is 5.91 Å². The molecule has 1 aliphatic heterocycles. The van der Waals surface area contributed by atoms with E-state index in [2.05, 4.69) is 20.9 Å². The third-order valence-corrected chi connectivity index (χ3v) is 7.49. The van der Waals surface area contributed by atoms with Crippen LogP contribution in [0.3, 0.4) is 0 Å². The third-order valence-electron chi connectivity index (χ3n) is 5.85. The lowest BCUT2D eigenvalue weighted by Gasteiger charge is -2.23. The van der Waals surface area contributed by atoms with Crippen molar-refractivity contribution in [1.82, 2.24) is 4.98 Å². The zero-order chi connectivity index (χ0) is 25.7. The van der Waals surface area contributed by atoms with Crippen LogP contribution in [0.1, 0.15) is 22.7 Å². The Hall–Kier alpha value is -3.63. The van der Waals surface area contributed by atoms with E-state index in [1.807, 2.05) is 13.0 Å². The lowest BCUT2D eigenvalue weighted by atomic mass is 9.94. The number of aliphatic hydroxyl groups excluding tert-OH is 1. The number of aliphatic hydroxyl groups is 1. The molecule has 3 aromatic carbocycles. The number of carbonyl (C=O) groups excluding carboxylic acids is 2. The van der Waals surface area contributed by atoms with E-state index in [0.717, 1.165) is 29.0 Å². The molecular formula is C26H17BrF2N2O4S. The zero-order valence-electron chi connectivity index (χ0n) is 18.9. The Morgan fingerprint density at radius 3 is 2.56 bits per heavy atom. The average molecular weight is 571 g/mol. The van der Waals surface area contributed by atoms with Crippen LogP contribution in [0.4, 0.5) is 13.9 Å². The molecule has 1 amide bonds. The van der Waals surface area contributed by atoms with E-state index >= 15 is 0 Å². The Morgan fingerprint density at radius 1 is 1.11 bits per heavy atom. The molecule has 1 N–H and O–H groups in total. The van der Waals surface area contributed by atoms with E-state index in [-0.39, 0.29) is 22.0 Å². The molecule has 2 heterocycles. The molecule has 1 atom stereocenters. The van der Waals surface area contributed by atoms with Gasteiger partial charge in [-0.1, -0.05) is 41.2 Å². The molecule has 5 rings (SSSR count). The molecule has 10 heteroatoms. The van der Waals surface area contributed by atoms with Gasteiger partial charge in [0.25, 0.3) is 5.78 Å². The van der Waals surface area contributed by atoms with Crippen LogP contribution in [0.5, 0.6) is 5.75 Å². The SMILES string of the molecule is COc1ccc(/C(O)=C2\C(=O)C(=O)N(c3nc4cc(F)c(F)cc4s3)C2c2cccc(C)c2)cc1Br. The molecule has 0 aliphatic carbocycles. The molecule has 182 valence electrons. The summed E-state index contributed by atoms with van der Waals surface area (Å²) in [5.74, 6) is -3.76. The number of aromatic nitrogens is 1. The van der Waals surface area contributed by atoms with Crippen molar-refractivity contribution < 1.29 is 28.2 Å². The molecule has 1 fully saturated rings. The van der Waals surface area contributed by atoms with Gasteiger partial charge in [-0.2, -0.15) is 0 Å². The number of hydrogen-bond acceptors (Lipinski definition) is 6. The number of hydrogen-bond donors (Lipinski definition) is 1. The van der Waals surface area contributed by atoms with Crippen molar-refractivity contribution >= 4 is 60.1 Å². The standard InChI is InChI=1S/C26H17BrF2N2O4S/c1-12-4-3-5-13(8-12)22-21(23(32)14-6-7-19(35-2)15(27)9-14)24(33)25(34)31(22)26-30-18-10-16(28)17(29)11-20(18)36-26/h3-11,22,32H,1-2H3/b23-21+. The van der Waals surface area contributed by atoms with Crippen LogP contribution < -0.4 is 9.64 Å². The molecule has 36 heavy (non-hydrogen) atoms. The number of nitrogens with zero attached hydrogens (tertiary/aromatic N) is 2. The predicted octanol–water partition coefficient (Wildman–Crippen LogP) is 6.28. The highest BCUT2D eigenvalue weighted by molar-refractivity contribution is 9.10. The lowest BCUT2D eigenvalue weighted by Crippen LogP contribution is -2.29. The molecular weight excluding hydrogens is 554 g/mol. The summed E-state index contributed by atoms with van der Waals surface area (Å²) in [4.78, 5) is 32.1. The van der Waals surface area contributed by atoms with Crippen molar-refractivity contribution in [1.29, 1.82) is 0 Å². The number of halogens is 3. The number of aryl methyl sites for hydroxylation is 1. The van der Waals surface area contributed by atoms with Gasteiger partial charge in [0.1, 0.15) is 11.5 Å². The van der Waals surface area contributed by atoms with Gasteiger partial charge in [-0.05, 0) is 52.7 Å². The number of ether oxygens (including phenoxy) is 1. The van der Waals surface area contributed by atoms with E-state index in [0.29, 0.717) is 26.0 Å². The Balaban J connectivity index is 1.73. The van der Waals surface area contributed by atoms with Gasteiger partial charge in [0.2, 0.25) is 0 Å². The number of anilines is 1. The number of Topliss-reactive ketones (excluding diaryl/α,β-unsaturated/α-hetero) is 1. The van der Waals surface area contributed by atoms with Gasteiger partial charge in [0.05, 0.1) is 33.4 Å². The molecule has 4 aromatic rings. The number of benzene rings is 3. The molecule has 0 saturated carbocycles. The lowest BCUT2D eigenvalue weighted by molar-refractivity contribution is -0.132. The minimum atomic E-state index is -1.07. The van der Waals surface area contributed by atoms with Crippen LogP contribution in [-0.4, -0.2) is 28.9 Å². The third kappa shape index (κ3) is 3.96. The largest absolute Gasteiger partial charge is 0.507 e. The maximum Gasteiger partial charge on any atom is 0.301 e. The maximum atomic E-state index is 13.8. The van der Waals surface area contributed by atoms with Crippen molar-refractivity contribution in [3.05, 3.63) is 93.0 Å². The summed E-state index contributed by atoms with van der Waals surface area (Å²) in [5, 5.41) is 11.4. The first kappa shape index (κ1) is 24.1. The normalized spacial score (nSPS) is 17.2. The van der Waals surface area contributed by atoms with Crippen molar-refractivity contribution in [3.8, 4) is 5.75 Å². The summed E-state index contributed by atoms with van der Waals surface area (Å²) in [7, 11) is 1.50. The topological polar surface area (TPSA) is 79.7 Å². The summed E-state index contributed by atoms with van der Waals surface area (Å²) in [6.07, 6.45) is 0. The molecule has 0 bridgehead atoms. The first-order valence-electron chi connectivity index (χ1n) is 10.7. The predicted molar refractivity (Wildman–Crippen MR) is 136 cm³/mol. The molecule has 1 saturated heterocycles. The van der Waals surface area contributed by atoms with Gasteiger partial charge in [0.15, 0.2) is 16.8 Å². The molecule has 1 aromatic heterocycles. The first-order valence-corrected chi connectivity index (χ1v) is 12.3. The second kappa shape index (κ2) is 9.11. The summed E-state index contributed by atoms with van der Waals surface area (Å²) in [6.45, 7) is 1.86. The highest BCUT2D eigenvalue weighted by Crippen LogP contribution is 2.45. The highest BCUT2D eigenvalue weighted by atomic mass is 79.9. The minimum Gasteiger partial charge on any atom is -0.507 e. The monoisotopic (exact) mass is 570 g/mol. The summed E-state index contributed by atoms with van der Waals surface area (Å²) in [6, 6.07) is 12.9. The molecule has 0 radical (unpaired) electrons. The Bertz CT molecular complexity index is 1560. The average Bonchev–Trinajstić information content (AvgIpc) is 3.36. The second-order valence-electron chi connectivity index (χ2n) is 8.16. The molecule has 1 unspecified atom stereocenters. The van der Waals surface area contributed by atoms with Gasteiger partial charge < -0.3 is 9.84 Å². The number of methoxy groups -OCH3 is 1. The fourth-order valence-electron chi connectivity index (χ4n) is 4.17. The van der Waals surface area contributed by atoms with Crippen molar-refractivity contribution in [2.45, 2.75) is 13.0 Å². The van der Waals surface area contributed by atoms with Gasteiger partial charge in [0, 0.05) is 11.6 Å². The Labute approximate surface area is 216 Å². The minimum absolute atomic E-state index is 0.0820. The van der Waals surface area contributed by atoms with Crippen LogP contribution in [0.25, 0.3) is 16.0 Å².